The van der Waals surface area contributed by atoms with Gasteiger partial charge in [0, 0.05) is 37.8 Å². The lowest BCUT2D eigenvalue weighted by Gasteiger charge is -2.60. The molecular weight excluding hydrogens is 437 g/mol. The molecule has 3 saturated heterocycles. The van der Waals surface area contributed by atoms with Crippen molar-refractivity contribution in [2.45, 2.75) is 42.7 Å². The number of carbonyl (C=O) groups is 2. The van der Waals surface area contributed by atoms with Crippen LogP contribution >= 0.6 is 0 Å². The maximum absolute atomic E-state index is 14.3. The van der Waals surface area contributed by atoms with E-state index in [1.54, 1.807) is 11.0 Å². The number of carbonyl (C=O) groups excluding carboxylic acids is 2. The van der Waals surface area contributed by atoms with Crippen LogP contribution in [0.15, 0.2) is 23.1 Å². The monoisotopic (exact) mass is 465 g/mol. The summed E-state index contributed by atoms with van der Waals surface area (Å²) >= 11 is 0. The summed E-state index contributed by atoms with van der Waals surface area (Å²) in [5.41, 5.74) is 0.674. The van der Waals surface area contributed by atoms with Crippen molar-refractivity contribution in [2.75, 3.05) is 39.0 Å². The molecule has 5 rings (SSSR count). The Balaban J connectivity index is 1.11. The predicted molar refractivity (Wildman–Crippen MR) is 113 cm³/mol. The molecular formula is C22H28FN3O5S. The largest absolute Gasteiger partial charge is 0.366 e. The molecule has 4 aliphatic rings. The number of hydrogen-bond acceptors (Lipinski definition) is 5. The normalized spacial score (nSPS) is 27.4. The standard InChI is InChI=1S/C22H28FN3O5S/c1-32(29,30)16-3-2-15(17(23)7-16)6-14-8-22(9-14)12-26(13-22)21(28)25-5-4-19-18(10-25)24-20(27)11-31-19/h2-3,7,14,18-19H,4-6,8-13H2,1H3,(H,24,27)/t18-,19+/m1/s1. The summed E-state index contributed by atoms with van der Waals surface area (Å²) in [7, 11) is -3.42. The van der Waals surface area contributed by atoms with Crippen molar-refractivity contribution in [3.63, 3.8) is 0 Å². The first-order valence-electron chi connectivity index (χ1n) is 11.1. The van der Waals surface area contributed by atoms with Gasteiger partial charge in [0.15, 0.2) is 9.84 Å². The van der Waals surface area contributed by atoms with Crippen molar-refractivity contribution in [1.82, 2.24) is 15.1 Å². The molecule has 174 valence electrons. The van der Waals surface area contributed by atoms with E-state index >= 15 is 0 Å². The van der Waals surface area contributed by atoms with Gasteiger partial charge >= 0.3 is 6.03 Å². The van der Waals surface area contributed by atoms with Gasteiger partial charge in [-0.2, -0.15) is 0 Å². The summed E-state index contributed by atoms with van der Waals surface area (Å²) in [5.74, 6) is -0.260. The number of urea groups is 1. The number of morpholine rings is 1. The van der Waals surface area contributed by atoms with E-state index < -0.39 is 15.7 Å². The molecule has 1 aromatic carbocycles. The van der Waals surface area contributed by atoms with Crippen LogP contribution in [0, 0.1) is 17.2 Å². The number of ether oxygens (including phenoxy) is 1. The number of nitrogens with zero attached hydrogens (tertiary/aromatic N) is 2. The van der Waals surface area contributed by atoms with Gasteiger partial charge in [0.25, 0.3) is 0 Å². The Labute approximate surface area is 187 Å². The third kappa shape index (κ3) is 3.98. The van der Waals surface area contributed by atoms with Crippen LogP contribution in [0.1, 0.15) is 24.8 Å². The quantitative estimate of drug-likeness (QED) is 0.724. The lowest BCUT2D eigenvalue weighted by Crippen LogP contribution is -2.68. The Bertz CT molecular complexity index is 1050. The van der Waals surface area contributed by atoms with Crippen LogP contribution in [-0.4, -0.2) is 81.3 Å². The molecule has 3 heterocycles. The highest BCUT2D eigenvalue weighted by Crippen LogP contribution is 2.53. The Hall–Kier alpha value is -2.20. The third-order valence-electron chi connectivity index (χ3n) is 7.32. The highest BCUT2D eigenvalue weighted by Gasteiger charge is 2.54. The molecule has 3 aliphatic heterocycles. The Morgan fingerprint density at radius 2 is 2.03 bits per heavy atom. The van der Waals surface area contributed by atoms with Gasteiger partial charge in [-0.1, -0.05) is 6.07 Å². The van der Waals surface area contributed by atoms with Gasteiger partial charge in [-0.25, -0.2) is 17.6 Å². The van der Waals surface area contributed by atoms with Crippen LogP contribution in [0.4, 0.5) is 9.18 Å². The number of hydrogen-bond donors (Lipinski definition) is 1. The molecule has 2 atom stereocenters. The number of rotatable bonds is 3. The molecule has 32 heavy (non-hydrogen) atoms. The SMILES string of the molecule is CS(=O)(=O)c1ccc(CC2CC3(C2)CN(C(=O)N2CC[C@@H]4OCC(=O)N[C@@H]4C2)C3)c(F)c1. The van der Waals surface area contributed by atoms with Gasteiger partial charge in [0.1, 0.15) is 12.4 Å². The summed E-state index contributed by atoms with van der Waals surface area (Å²) in [6.45, 7) is 2.63. The molecule has 0 unspecified atom stereocenters. The summed E-state index contributed by atoms with van der Waals surface area (Å²) < 4.78 is 43.1. The van der Waals surface area contributed by atoms with E-state index in [9.17, 15) is 22.4 Å². The fourth-order valence-electron chi connectivity index (χ4n) is 5.77. The Morgan fingerprint density at radius 3 is 2.72 bits per heavy atom. The van der Waals surface area contributed by atoms with Crippen LogP contribution in [0.3, 0.4) is 0 Å². The zero-order chi connectivity index (χ0) is 22.7. The molecule has 0 bridgehead atoms. The van der Waals surface area contributed by atoms with E-state index in [-0.39, 0.29) is 41.0 Å². The fourth-order valence-corrected chi connectivity index (χ4v) is 6.41. The molecule has 1 aliphatic carbocycles. The van der Waals surface area contributed by atoms with Crippen molar-refractivity contribution >= 4 is 21.8 Å². The van der Waals surface area contributed by atoms with Gasteiger partial charge in [0.05, 0.1) is 17.0 Å². The molecule has 1 N–H and O–H groups in total. The lowest BCUT2D eigenvalue weighted by atomic mass is 9.56. The topological polar surface area (TPSA) is 96.0 Å². The molecule has 1 saturated carbocycles. The minimum atomic E-state index is -3.42. The molecule has 1 spiro atoms. The first-order chi connectivity index (χ1) is 15.1. The first-order valence-corrected chi connectivity index (χ1v) is 12.9. The van der Waals surface area contributed by atoms with Gasteiger partial charge in [-0.15, -0.1) is 0 Å². The summed E-state index contributed by atoms with van der Waals surface area (Å²) in [6.07, 6.45) is 4.25. The van der Waals surface area contributed by atoms with E-state index in [2.05, 4.69) is 5.32 Å². The van der Waals surface area contributed by atoms with Crippen LogP contribution in [0.5, 0.6) is 0 Å². The number of benzene rings is 1. The third-order valence-corrected chi connectivity index (χ3v) is 8.43. The molecule has 3 amide bonds. The van der Waals surface area contributed by atoms with Gasteiger partial charge in [0.2, 0.25) is 5.91 Å². The Morgan fingerprint density at radius 1 is 1.28 bits per heavy atom. The second-order valence-electron chi connectivity index (χ2n) is 9.90. The van der Waals surface area contributed by atoms with Crippen LogP contribution in [-0.2, 0) is 25.8 Å². The van der Waals surface area contributed by atoms with Crippen molar-refractivity contribution in [3.8, 4) is 0 Å². The minimum Gasteiger partial charge on any atom is -0.366 e. The molecule has 0 radical (unpaired) electrons. The Kier molecular flexibility index (Phi) is 5.20. The highest BCUT2D eigenvalue weighted by molar-refractivity contribution is 7.90. The maximum Gasteiger partial charge on any atom is 0.320 e. The predicted octanol–water partition coefficient (Wildman–Crippen LogP) is 1.19. The lowest BCUT2D eigenvalue weighted by molar-refractivity contribution is -0.140. The van der Waals surface area contributed by atoms with Crippen LogP contribution < -0.4 is 5.32 Å². The zero-order valence-corrected chi connectivity index (χ0v) is 18.9. The highest BCUT2D eigenvalue weighted by atomic mass is 32.2. The van der Waals surface area contributed by atoms with E-state index in [1.165, 1.54) is 6.07 Å². The number of nitrogens with one attached hydrogen (secondary N) is 1. The van der Waals surface area contributed by atoms with E-state index in [4.69, 9.17) is 4.74 Å². The zero-order valence-electron chi connectivity index (χ0n) is 18.0. The number of amides is 3. The number of sulfone groups is 1. The van der Waals surface area contributed by atoms with Crippen molar-refractivity contribution < 1.29 is 27.1 Å². The first kappa shape index (κ1) is 21.6. The minimum absolute atomic E-state index is 0.000338. The van der Waals surface area contributed by atoms with Gasteiger partial charge in [-0.05, 0) is 49.3 Å². The van der Waals surface area contributed by atoms with E-state index in [0.29, 0.717) is 44.1 Å². The second kappa shape index (κ2) is 7.69. The molecule has 0 aromatic heterocycles. The number of halogens is 1. The van der Waals surface area contributed by atoms with E-state index in [1.807, 2.05) is 4.90 Å². The number of fused-ring (bicyclic) bond motifs is 1. The van der Waals surface area contributed by atoms with Gasteiger partial charge < -0.3 is 19.9 Å². The number of likely N-dealkylation sites (tertiary alicyclic amines) is 2. The molecule has 8 nitrogen and oxygen atoms in total. The number of piperidine rings is 1. The van der Waals surface area contributed by atoms with Crippen molar-refractivity contribution in [1.29, 1.82) is 0 Å². The molecule has 10 heteroatoms. The summed E-state index contributed by atoms with van der Waals surface area (Å²) in [5, 5.41) is 2.92. The maximum atomic E-state index is 14.3. The van der Waals surface area contributed by atoms with Crippen LogP contribution in [0.2, 0.25) is 0 Å². The molecule has 1 aromatic rings. The summed E-state index contributed by atoms with van der Waals surface area (Å²) in [6, 6.07) is 4.02. The van der Waals surface area contributed by atoms with E-state index in [0.717, 1.165) is 31.6 Å². The average Bonchev–Trinajstić information content (AvgIpc) is 2.68. The smallest absolute Gasteiger partial charge is 0.320 e. The van der Waals surface area contributed by atoms with Crippen molar-refractivity contribution in [2.24, 2.45) is 11.3 Å². The second-order valence-corrected chi connectivity index (χ2v) is 11.9. The average molecular weight is 466 g/mol. The van der Waals surface area contributed by atoms with Crippen molar-refractivity contribution in [3.05, 3.63) is 29.6 Å². The van der Waals surface area contributed by atoms with Gasteiger partial charge in [-0.3, -0.25) is 4.79 Å². The molecule has 4 fully saturated rings. The fraction of sp³-hybridized carbons (Fsp3) is 0.636. The van der Waals surface area contributed by atoms with Crippen LogP contribution in [0.25, 0.3) is 0 Å². The summed E-state index contributed by atoms with van der Waals surface area (Å²) in [4.78, 5) is 28.1.